The molecule has 0 bridgehead atoms. The summed E-state index contributed by atoms with van der Waals surface area (Å²) in [6.07, 6.45) is 0.197. The minimum absolute atomic E-state index is 0.0655. The number of anilines is 1. The van der Waals surface area contributed by atoms with E-state index in [1.165, 1.54) is 13.0 Å². The summed E-state index contributed by atoms with van der Waals surface area (Å²) in [6, 6.07) is 11.0. The minimum Gasteiger partial charge on any atom is -0.486 e. The predicted octanol–water partition coefficient (Wildman–Crippen LogP) is 1.85. The van der Waals surface area contributed by atoms with Crippen molar-refractivity contribution in [1.82, 2.24) is 10.0 Å². The van der Waals surface area contributed by atoms with Gasteiger partial charge in [-0.05, 0) is 48.2 Å². The van der Waals surface area contributed by atoms with Crippen LogP contribution < -0.4 is 24.4 Å². The van der Waals surface area contributed by atoms with Crippen molar-refractivity contribution in [2.24, 2.45) is 5.92 Å². The second-order valence-electron chi connectivity index (χ2n) is 8.80. The van der Waals surface area contributed by atoms with Crippen LogP contribution in [0.4, 0.5) is 5.69 Å². The number of para-hydroxylation sites is 2. The number of hydrogen-bond donors (Lipinski definition) is 2. The van der Waals surface area contributed by atoms with Crippen LogP contribution in [0.25, 0.3) is 0 Å². The number of carbonyl (C=O) groups excluding carboxylic acids is 2. The molecule has 0 aliphatic carbocycles. The van der Waals surface area contributed by atoms with Crippen LogP contribution in [0, 0.1) is 5.92 Å². The highest BCUT2D eigenvalue weighted by Gasteiger charge is 2.31. The molecule has 4 rings (SSSR count). The molecule has 2 aliphatic heterocycles. The fourth-order valence-electron chi connectivity index (χ4n) is 4.09. The van der Waals surface area contributed by atoms with Crippen molar-refractivity contribution in [3.05, 3.63) is 48.0 Å². The summed E-state index contributed by atoms with van der Waals surface area (Å²) in [5.74, 6) is 0.444. The summed E-state index contributed by atoms with van der Waals surface area (Å²) in [5, 5.41) is 2.78. The highest BCUT2D eigenvalue weighted by atomic mass is 32.2. The zero-order valence-corrected chi connectivity index (χ0v) is 20.2. The second kappa shape index (κ2) is 9.63. The summed E-state index contributed by atoms with van der Waals surface area (Å²) in [4.78, 5) is 26.4. The maximum absolute atomic E-state index is 13.1. The number of amides is 2. The molecule has 10 heteroatoms. The second-order valence-corrected chi connectivity index (χ2v) is 10.5. The molecule has 0 unspecified atom stereocenters. The third-order valence-corrected chi connectivity index (χ3v) is 7.38. The first-order valence-electron chi connectivity index (χ1n) is 11.3. The van der Waals surface area contributed by atoms with Crippen LogP contribution in [-0.2, 0) is 26.0 Å². The van der Waals surface area contributed by atoms with Crippen LogP contribution in [0.5, 0.6) is 11.5 Å². The smallest absolute Gasteiger partial charge is 0.241 e. The molecule has 34 heavy (non-hydrogen) atoms. The number of nitrogens with zero attached hydrogens (tertiary/aromatic N) is 1. The van der Waals surface area contributed by atoms with E-state index in [1.54, 1.807) is 36.9 Å². The highest BCUT2D eigenvalue weighted by Crippen LogP contribution is 2.31. The van der Waals surface area contributed by atoms with Crippen molar-refractivity contribution < 1.29 is 27.5 Å². The Labute approximate surface area is 199 Å². The van der Waals surface area contributed by atoms with Gasteiger partial charge in [0.2, 0.25) is 21.8 Å². The van der Waals surface area contributed by atoms with E-state index in [1.807, 2.05) is 18.2 Å². The number of rotatable bonds is 7. The van der Waals surface area contributed by atoms with Crippen molar-refractivity contribution in [2.45, 2.75) is 44.2 Å². The number of nitrogens with one attached hydrogen (secondary N) is 2. The van der Waals surface area contributed by atoms with Gasteiger partial charge in [-0.2, -0.15) is 4.72 Å². The van der Waals surface area contributed by atoms with Gasteiger partial charge in [0.1, 0.15) is 18.8 Å². The maximum Gasteiger partial charge on any atom is 0.241 e. The predicted molar refractivity (Wildman–Crippen MR) is 126 cm³/mol. The number of carbonyl (C=O) groups is 2. The molecule has 2 aromatic carbocycles. The minimum atomic E-state index is -3.96. The Morgan fingerprint density at radius 2 is 1.88 bits per heavy atom. The lowest BCUT2D eigenvalue weighted by molar-refractivity contribution is -0.124. The first-order valence-corrected chi connectivity index (χ1v) is 12.7. The number of hydrogen-bond acceptors (Lipinski definition) is 6. The van der Waals surface area contributed by atoms with Gasteiger partial charge < -0.3 is 19.7 Å². The zero-order chi connectivity index (χ0) is 24.5. The van der Waals surface area contributed by atoms with E-state index < -0.39 is 22.0 Å². The quantitative estimate of drug-likeness (QED) is 0.616. The van der Waals surface area contributed by atoms with Crippen molar-refractivity contribution in [3.63, 3.8) is 0 Å². The van der Waals surface area contributed by atoms with E-state index in [4.69, 9.17) is 9.47 Å². The van der Waals surface area contributed by atoms with Gasteiger partial charge in [0, 0.05) is 19.2 Å². The fraction of sp³-hybridized carbons (Fsp3) is 0.417. The molecule has 182 valence electrons. The van der Waals surface area contributed by atoms with Crippen LogP contribution in [0.3, 0.4) is 0 Å². The first kappa shape index (κ1) is 24.0. The number of ether oxygens (including phenoxy) is 2. The maximum atomic E-state index is 13.1. The molecule has 0 aromatic heterocycles. The van der Waals surface area contributed by atoms with E-state index in [2.05, 4.69) is 10.0 Å². The lowest BCUT2D eigenvalue weighted by Gasteiger charge is -2.28. The summed E-state index contributed by atoms with van der Waals surface area (Å²) >= 11 is 0. The Hall–Kier alpha value is -3.11. The van der Waals surface area contributed by atoms with E-state index >= 15 is 0 Å². The summed E-state index contributed by atoms with van der Waals surface area (Å²) in [6.45, 7) is 6.01. The number of fused-ring (bicyclic) bond motifs is 2. The van der Waals surface area contributed by atoms with Gasteiger partial charge in [-0.1, -0.05) is 26.0 Å². The molecule has 0 saturated heterocycles. The Bertz CT molecular complexity index is 1200. The average molecular weight is 488 g/mol. The summed E-state index contributed by atoms with van der Waals surface area (Å²) in [7, 11) is -3.96. The zero-order valence-electron chi connectivity index (χ0n) is 19.4. The van der Waals surface area contributed by atoms with Crippen LogP contribution in [0.1, 0.15) is 26.3 Å². The van der Waals surface area contributed by atoms with Crippen molar-refractivity contribution in [1.29, 1.82) is 0 Å². The average Bonchev–Trinajstić information content (AvgIpc) is 3.24. The van der Waals surface area contributed by atoms with Gasteiger partial charge in [-0.15, -0.1) is 0 Å². The molecule has 2 atom stereocenters. The van der Waals surface area contributed by atoms with Crippen molar-refractivity contribution in [2.75, 3.05) is 24.6 Å². The Balaban J connectivity index is 1.41. The lowest BCUT2D eigenvalue weighted by Crippen LogP contribution is -2.52. The van der Waals surface area contributed by atoms with E-state index in [0.29, 0.717) is 24.5 Å². The molecule has 2 aliphatic rings. The topological polar surface area (TPSA) is 114 Å². The third kappa shape index (κ3) is 5.02. The summed E-state index contributed by atoms with van der Waals surface area (Å²) < 4.78 is 40.2. The van der Waals surface area contributed by atoms with Crippen LogP contribution >= 0.6 is 0 Å². The Morgan fingerprint density at radius 3 is 2.59 bits per heavy atom. The monoisotopic (exact) mass is 487 g/mol. The molecule has 9 nitrogen and oxygen atoms in total. The van der Waals surface area contributed by atoms with Gasteiger partial charge in [0.05, 0.1) is 11.4 Å². The molecule has 0 radical (unpaired) electrons. The van der Waals surface area contributed by atoms with Gasteiger partial charge in [-0.3, -0.25) is 9.59 Å². The van der Waals surface area contributed by atoms with Gasteiger partial charge >= 0.3 is 0 Å². The van der Waals surface area contributed by atoms with Gasteiger partial charge in [0.25, 0.3) is 0 Å². The number of benzene rings is 2. The molecule has 0 fully saturated rings. The molecule has 0 saturated carbocycles. The van der Waals surface area contributed by atoms with Crippen LogP contribution in [0.15, 0.2) is 47.4 Å². The van der Waals surface area contributed by atoms with E-state index in [9.17, 15) is 18.0 Å². The first-order chi connectivity index (χ1) is 16.2. The molecule has 2 aromatic rings. The Kier molecular flexibility index (Phi) is 6.81. The van der Waals surface area contributed by atoms with Crippen LogP contribution in [0.2, 0.25) is 0 Å². The fourth-order valence-corrected chi connectivity index (χ4v) is 5.48. The molecular weight excluding hydrogens is 458 g/mol. The molecule has 0 spiro atoms. The number of sulfonamides is 1. The van der Waals surface area contributed by atoms with Crippen molar-refractivity contribution >= 4 is 27.5 Å². The van der Waals surface area contributed by atoms with E-state index in [0.717, 1.165) is 11.3 Å². The van der Waals surface area contributed by atoms with Gasteiger partial charge in [0.15, 0.2) is 11.5 Å². The molecule has 2 amide bonds. The third-order valence-electron chi connectivity index (χ3n) is 5.94. The van der Waals surface area contributed by atoms with Crippen molar-refractivity contribution in [3.8, 4) is 11.5 Å². The molecule has 2 N–H and O–H groups in total. The molecule has 2 heterocycles. The van der Waals surface area contributed by atoms with Gasteiger partial charge in [-0.25, -0.2) is 8.42 Å². The highest BCUT2D eigenvalue weighted by molar-refractivity contribution is 7.89. The van der Waals surface area contributed by atoms with Crippen LogP contribution in [-0.4, -0.2) is 52.1 Å². The SMILES string of the molecule is CC(=O)N1CCc2cc(S(=O)(=O)N[C@H](C(=O)NC[C@H]3COc4ccccc4O3)C(C)C)ccc21. The standard InChI is InChI=1S/C24H29N3O6S/c1-15(2)23(24(29)25-13-18-14-32-21-6-4-5-7-22(21)33-18)26-34(30,31)19-8-9-20-17(12-19)10-11-27(20)16(3)28/h4-9,12,15,18,23,26H,10-11,13-14H2,1-3H3,(H,25,29)/t18-,23-/m0/s1. The normalized spacial score (nSPS) is 17.9. The summed E-state index contributed by atoms with van der Waals surface area (Å²) in [5.41, 5.74) is 1.51. The largest absolute Gasteiger partial charge is 0.486 e. The Morgan fingerprint density at radius 1 is 1.15 bits per heavy atom. The lowest BCUT2D eigenvalue weighted by atomic mass is 10.1. The van der Waals surface area contributed by atoms with E-state index in [-0.39, 0.29) is 36.0 Å². The molecular formula is C24H29N3O6S.